The third-order valence-electron chi connectivity index (χ3n) is 3.60. The minimum Gasteiger partial charge on any atom is -0.475 e. The van der Waals surface area contributed by atoms with Crippen molar-refractivity contribution < 1.29 is 9.26 Å². The Morgan fingerprint density at radius 3 is 2.57 bits per heavy atom. The minimum atomic E-state index is -0.171. The molecule has 0 atom stereocenters. The van der Waals surface area contributed by atoms with Crippen LogP contribution in [0.4, 0.5) is 0 Å². The van der Waals surface area contributed by atoms with Gasteiger partial charge in [0.2, 0.25) is 5.90 Å². The third-order valence-corrected chi connectivity index (χ3v) is 3.60. The van der Waals surface area contributed by atoms with Crippen molar-refractivity contribution >= 4 is 5.90 Å². The molecule has 0 spiro atoms. The van der Waals surface area contributed by atoms with Gasteiger partial charge < -0.3 is 9.26 Å². The number of rotatable bonds is 4. The van der Waals surface area contributed by atoms with Crippen molar-refractivity contribution in [2.45, 2.75) is 39.2 Å². The van der Waals surface area contributed by atoms with Gasteiger partial charge in [0.25, 0.3) is 0 Å². The van der Waals surface area contributed by atoms with Crippen molar-refractivity contribution in [3.05, 3.63) is 52.9 Å². The van der Waals surface area contributed by atoms with Gasteiger partial charge in [0.15, 0.2) is 0 Å². The van der Waals surface area contributed by atoms with Gasteiger partial charge in [0.05, 0.1) is 11.2 Å². The Bertz CT molecular complexity index is 657. The Hall–Kier alpha value is -2.10. The largest absolute Gasteiger partial charge is 0.475 e. The van der Waals surface area contributed by atoms with E-state index in [9.17, 15) is 0 Å². The fourth-order valence-corrected chi connectivity index (χ4v) is 2.48. The Morgan fingerprint density at radius 2 is 1.90 bits per heavy atom. The zero-order chi connectivity index (χ0) is 14.9. The van der Waals surface area contributed by atoms with Crippen LogP contribution in [0.3, 0.4) is 0 Å². The zero-order valence-corrected chi connectivity index (χ0v) is 12.7. The van der Waals surface area contributed by atoms with Crippen LogP contribution in [0.25, 0.3) is 0 Å². The molecular formula is C17H20N2O2. The topological polar surface area (TPSA) is 47.6 Å². The first-order chi connectivity index (χ1) is 10.1. The SMILES string of the molecule is Cc1noc(CCc2ccccc2)c1C1=NC(C)(C)CO1. The average molecular weight is 284 g/mol. The number of aryl methyl sites for hydroxylation is 3. The molecule has 2 heterocycles. The van der Waals surface area contributed by atoms with Gasteiger partial charge >= 0.3 is 0 Å². The molecule has 0 fully saturated rings. The number of ether oxygens (including phenoxy) is 1. The number of nitrogens with zero attached hydrogens (tertiary/aromatic N) is 2. The molecule has 3 rings (SSSR count). The highest BCUT2D eigenvalue weighted by atomic mass is 16.5. The molecule has 2 aromatic rings. The van der Waals surface area contributed by atoms with Crippen molar-refractivity contribution in [2.24, 2.45) is 4.99 Å². The first-order valence-corrected chi connectivity index (χ1v) is 7.27. The van der Waals surface area contributed by atoms with Crippen LogP contribution in [0.1, 0.15) is 36.4 Å². The molecular weight excluding hydrogens is 264 g/mol. The van der Waals surface area contributed by atoms with E-state index in [0.29, 0.717) is 12.5 Å². The predicted molar refractivity (Wildman–Crippen MR) is 81.7 cm³/mol. The second-order valence-electron chi connectivity index (χ2n) is 6.07. The van der Waals surface area contributed by atoms with Crippen LogP contribution < -0.4 is 0 Å². The predicted octanol–water partition coefficient (Wildman–Crippen LogP) is 3.32. The van der Waals surface area contributed by atoms with E-state index >= 15 is 0 Å². The Kier molecular flexibility index (Phi) is 3.53. The summed E-state index contributed by atoms with van der Waals surface area (Å²) < 4.78 is 11.2. The van der Waals surface area contributed by atoms with E-state index < -0.39 is 0 Å². The van der Waals surface area contributed by atoms with Crippen molar-refractivity contribution in [2.75, 3.05) is 6.61 Å². The Labute approximate surface area is 124 Å². The van der Waals surface area contributed by atoms with Gasteiger partial charge in [-0.1, -0.05) is 35.5 Å². The van der Waals surface area contributed by atoms with Crippen LogP contribution in [0.2, 0.25) is 0 Å². The molecule has 0 saturated carbocycles. The van der Waals surface area contributed by atoms with Crippen molar-refractivity contribution in [3.8, 4) is 0 Å². The van der Waals surface area contributed by atoms with Gasteiger partial charge in [-0.15, -0.1) is 0 Å². The third kappa shape index (κ3) is 2.99. The lowest BCUT2D eigenvalue weighted by Crippen LogP contribution is -2.17. The molecule has 0 unspecified atom stereocenters. The molecule has 110 valence electrons. The molecule has 1 aliphatic heterocycles. The van der Waals surface area contributed by atoms with Crippen LogP contribution in [0.5, 0.6) is 0 Å². The van der Waals surface area contributed by atoms with Gasteiger partial charge in [-0.3, -0.25) is 0 Å². The molecule has 1 aliphatic rings. The summed E-state index contributed by atoms with van der Waals surface area (Å²) in [5.41, 5.74) is 2.88. The van der Waals surface area contributed by atoms with Gasteiger partial charge in [-0.05, 0) is 32.8 Å². The highest BCUT2D eigenvalue weighted by Crippen LogP contribution is 2.25. The number of aromatic nitrogens is 1. The van der Waals surface area contributed by atoms with Gasteiger partial charge in [0.1, 0.15) is 17.9 Å². The van der Waals surface area contributed by atoms with Crippen LogP contribution in [0, 0.1) is 6.92 Å². The van der Waals surface area contributed by atoms with Crippen molar-refractivity contribution in [1.82, 2.24) is 5.16 Å². The first-order valence-electron chi connectivity index (χ1n) is 7.27. The van der Waals surface area contributed by atoms with Crippen molar-refractivity contribution in [1.29, 1.82) is 0 Å². The van der Waals surface area contributed by atoms with E-state index in [1.807, 2.05) is 13.0 Å². The molecule has 1 aromatic heterocycles. The standard InChI is InChI=1S/C17H20N2O2/c1-12-15(16-18-17(2,3)11-20-16)14(21-19-12)10-9-13-7-5-4-6-8-13/h4-8H,9-11H2,1-3H3. The molecule has 0 saturated heterocycles. The van der Waals surface area contributed by atoms with E-state index in [4.69, 9.17) is 9.26 Å². The van der Waals surface area contributed by atoms with E-state index in [1.54, 1.807) is 0 Å². The van der Waals surface area contributed by atoms with E-state index in [0.717, 1.165) is 29.9 Å². The molecule has 0 aliphatic carbocycles. The second kappa shape index (κ2) is 5.35. The summed E-state index contributed by atoms with van der Waals surface area (Å²) in [6.45, 7) is 6.66. The smallest absolute Gasteiger partial charge is 0.222 e. The summed E-state index contributed by atoms with van der Waals surface area (Å²) in [6.07, 6.45) is 1.71. The van der Waals surface area contributed by atoms with Crippen LogP contribution in [0.15, 0.2) is 39.8 Å². The van der Waals surface area contributed by atoms with Crippen molar-refractivity contribution in [3.63, 3.8) is 0 Å². The maximum Gasteiger partial charge on any atom is 0.222 e. The van der Waals surface area contributed by atoms with E-state index in [1.165, 1.54) is 5.56 Å². The summed E-state index contributed by atoms with van der Waals surface area (Å²) in [6, 6.07) is 10.4. The van der Waals surface area contributed by atoms with Gasteiger partial charge in [0, 0.05) is 6.42 Å². The summed E-state index contributed by atoms with van der Waals surface area (Å²) in [4.78, 5) is 4.63. The number of hydrogen-bond donors (Lipinski definition) is 0. The molecule has 1 aromatic carbocycles. The minimum absolute atomic E-state index is 0.171. The number of benzene rings is 1. The quantitative estimate of drug-likeness (QED) is 0.865. The van der Waals surface area contributed by atoms with E-state index in [-0.39, 0.29) is 5.54 Å². The average Bonchev–Trinajstić information content (AvgIpc) is 3.00. The van der Waals surface area contributed by atoms with Gasteiger partial charge in [-0.25, -0.2) is 4.99 Å². The number of aliphatic imine (C=N–C) groups is 1. The normalized spacial score (nSPS) is 16.6. The fraction of sp³-hybridized carbons (Fsp3) is 0.412. The molecule has 0 radical (unpaired) electrons. The molecule has 4 heteroatoms. The lowest BCUT2D eigenvalue weighted by atomic mass is 10.1. The van der Waals surface area contributed by atoms with Crippen LogP contribution in [-0.2, 0) is 17.6 Å². The maximum absolute atomic E-state index is 5.74. The molecule has 0 bridgehead atoms. The lowest BCUT2D eigenvalue weighted by molar-refractivity contribution is 0.279. The summed E-state index contributed by atoms with van der Waals surface area (Å²) in [5, 5.41) is 4.09. The zero-order valence-electron chi connectivity index (χ0n) is 12.7. The molecule has 0 amide bonds. The van der Waals surface area contributed by atoms with E-state index in [2.05, 4.69) is 48.3 Å². The Balaban J connectivity index is 1.81. The summed E-state index contributed by atoms with van der Waals surface area (Å²) >= 11 is 0. The fourth-order valence-electron chi connectivity index (χ4n) is 2.48. The molecule has 4 nitrogen and oxygen atoms in total. The van der Waals surface area contributed by atoms with Gasteiger partial charge in [-0.2, -0.15) is 0 Å². The number of hydrogen-bond acceptors (Lipinski definition) is 4. The molecule has 0 N–H and O–H groups in total. The second-order valence-corrected chi connectivity index (χ2v) is 6.07. The first kappa shape index (κ1) is 13.9. The lowest BCUT2D eigenvalue weighted by Gasteiger charge is -2.07. The highest BCUT2D eigenvalue weighted by molar-refractivity contribution is 5.97. The summed E-state index contributed by atoms with van der Waals surface area (Å²) in [5.74, 6) is 1.52. The Morgan fingerprint density at radius 1 is 1.14 bits per heavy atom. The maximum atomic E-state index is 5.74. The van der Waals surface area contributed by atoms with Crippen LogP contribution in [-0.4, -0.2) is 23.2 Å². The van der Waals surface area contributed by atoms with Crippen LogP contribution >= 0.6 is 0 Å². The summed E-state index contributed by atoms with van der Waals surface area (Å²) in [7, 11) is 0. The highest BCUT2D eigenvalue weighted by Gasteiger charge is 2.31. The molecule has 21 heavy (non-hydrogen) atoms. The monoisotopic (exact) mass is 284 g/mol.